The Hall–Kier alpha value is -10.3. The molecule has 0 saturated heterocycles. The highest BCUT2D eigenvalue weighted by Crippen LogP contribution is 2.64. The van der Waals surface area contributed by atoms with Crippen molar-refractivity contribution in [2.45, 2.75) is 25.1 Å². The molecule has 0 atom stereocenters. The maximum absolute atomic E-state index is 16.6. The molecule has 7 rings (SSSR count). The van der Waals surface area contributed by atoms with E-state index in [9.17, 15) is 68.4 Å². The van der Waals surface area contributed by atoms with E-state index >= 15 is 26.3 Å². The second-order valence-electron chi connectivity index (χ2n) is 14.9. The van der Waals surface area contributed by atoms with Crippen LogP contribution < -0.4 is 9.47 Å². The van der Waals surface area contributed by atoms with Crippen LogP contribution in [0, 0.1) is 90.6 Å². The predicted octanol–water partition coefficient (Wildman–Crippen LogP) is 12.8. The first-order valence-electron chi connectivity index (χ1n) is 19.5. The van der Waals surface area contributed by atoms with Crippen LogP contribution in [0.25, 0.3) is 44.6 Å². The summed E-state index contributed by atoms with van der Waals surface area (Å²) in [5.74, 6) is -1.93. The number of benzene rings is 5. The Morgan fingerprint density at radius 3 is 0.889 bits per heavy atom. The van der Waals surface area contributed by atoms with Gasteiger partial charge in [-0.15, -0.1) is 26.3 Å². The van der Waals surface area contributed by atoms with Crippen molar-refractivity contribution < 1.29 is 62.2 Å². The van der Waals surface area contributed by atoms with E-state index in [1.165, 1.54) is 12.1 Å². The highest BCUT2D eigenvalue weighted by atomic mass is 19.4. The van der Waals surface area contributed by atoms with Crippen molar-refractivity contribution >= 4 is 44.6 Å². The average molecular weight is 987 g/mol. The number of halogens is 12. The molecule has 2 aliphatic rings. The summed E-state index contributed by atoms with van der Waals surface area (Å²) in [4.78, 5) is 0. The molecule has 10 nitrogen and oxygen atoms in total. The zero-order valence-electron chi connectivity index (χ0n) is 35.0. The van der Waals surface area contributed by atoms with Crippen molar-refractivity contribution in [2.24, 2.45) is 0 Å². The molecule has 5 aromatic rings. The number of hydrogen-bond donors (Lipinski definition) is 0. The van der Waals surface area contributed by atoms with Gasteiger partial charge in [-0.1, -0.05) is 24.3 Å². The zero-order valence-corrected chi connectivity index (χ0v) is 35.0. The van der Waals surface area contributed by atoms with Crippen LogP contribution in [0.3, 0.4) is 0 Å². The molecule has 0 heterocycles. The minimum absolute atomic E-state index is 0.416. The number of hydrogen-bond acceptors (Lipinski definition) is 10. The fourth-order valence-corrected chi connectivity index (χ4v) is 8.35. The van der Waals surface area contributed by atoms with Gasteiger partial charge in [-0.25, -0.2) is 0 Å². The number of alkyl halides is 12. The summed E-state index contributed by atoms with van der Waals surface area (Å²) >= 11 is 0. The van der Waals surface area contributed by atoms with Gasteiger partial charge >= 0.3 is 25.1 Å². The first-order valence-corrected chi connectivity index (χ1v) is 19.5. The summed E-state index contributed by atoms with van der Waals surface area (Å²) in [6.45, 7) is 0. The van der Waals surface area contributed by atoms with Crippen molar-refractivity contribution in [1.29, 1.82) is 42.1 Å². The third-order valence-corrected chi connectivity index (χ3v) is 10.7. The zero-order chi connectivity index (χ0) is 52.8. The Balaban J connectivity index is 1.82. The highest BCUT2D eigenvalue weighted by molar-refractivity contribution is 6.36. The largest absolute Gasteiger partial charge is 0.573 e. The maximum Gasteiger partial charge on any atom is 0.573 e. The molecule has 0 radical (unpaired) electrons. The quantitative estimate of drug-likeness (QED) is 0.116. The van der Waals surface area contributed by atoms with Crippen LogP contribution >= 0.6 is 0 Å². The summed E-state index contributed by atoms with van der Waals surface area (Å²) in [5, 5.41) is 82.9. The van der Waals surface area contributed by atoms with E-state index in [0.717, 1.165) is 36.4 Å². The molecule has 0 saturated carbocycles. The SMILES string of the molecule is N#CC1=C(c2ccc(OC(F)(F)F)cc2)/C(=C(\C#N)c2cc(C#N)cc(C#N)c2)c2c1c(C(F)(F)F)c1c(c2C(F)(F)F)C(C#N)=C(c2ccc(OC(F)(F)F)cc2)/C1=C(\C#N)c1cc(C#N)cc(C#N)c1. The van der Waals surface area contributed by atoms with E-state index in [1.807, 2.05) is 0 Å². The minimum atomic E-state index is -5.99. The van der Waals surface area contributed by atoms with Gasteiger partial charge < -0.3 is 9.47 Å². The first-order chi connectivity index (χ1) is 33.9. The van der Waals surface area contributed by atoms with Gasteiger partial charge in [0.1, 0.15) is 35.8 Å². The molecule has 350 valence electrons. The topological polar surface area (TPSA) is 209 Å². The molecular formula is C50H14F12N8O2. The number of allylic oxidation sites excluding steroid dienone is 8. The van der Waals surface area contributed by atoms with Gasteiger partial charge in [0.05, 0.1) is 80.0 Å². The minimum Gasteiger partial charge on any atom is -0.406 e. The standard InChI is InChI=1S/C50H14F12N8O2/c51-47(52,53)45-41-35(21-69)37(27-1-5-31(6-2-27)71-49(57,58)59)39(33(19-67)29-11-23(15-63)9-24(12-29)16-64)43(41)46(48(54,55)56)42-36(22-70)38(28-3-7-32(8-4-28)72-50(60,61)62)40(44(42)45)34(20-68)30-13-25(17-65)10-26(14-30)18-66/h1-14H/b39-33-,40-34-. The lowest BCUT2D eigenvalue weighted by Crippen LogP contribution is -2.20. The molecule has 0 N–H and O–H groups in total. The van der Waals surface area contributed by atoms with Crippen LogP contribution in [0.15, 0.2) is 84.9 Å². The lowest BCUT2D eigenvalue weighted by atomic mass is 9.80. The Morgan fingerprint density at radius 1 is 0.375 bits per heavy atom. The van der Waals surface area contributed by atoms with Crippen LogP contribution in [-0.4, -0.2) is 12.7 Å². The molecule has 0 aromatic heterocycles. The number of rotatable bonds is 6. The van der Waals surface area contributed by atoms with Gasteiger partial charge in [-0.05, 0) is 82.9 Å². The molecule has 0 spiro atoms. The summed E-state index contributed by atoms with van der Waals surface area (Å²) < 4.78 is 187. The van der Waals surface area contributed by atoms with Crippen molar-refractivity contribution in [3.8, 4) is 60.1 Å². The number of fused-ring (bicyclic) bond motifs is 2. The molecule has 5 aromatic carbocycles. The van der Waals surface area contributed by atoms with Crippen molar-refractivity contribution in [3.05, 3.63) is 163 Å². The van der Waals surface area contributed by atoms with Gasteiger partial charge in [0.2, 0.25) is 0 Å². The second-order valence-corrected chi connectivity index (χ2v) is 14.9. The van der Waals surface area contributed by atoms with E-state index in [2.05, 4.69) is 9.47 Å². The number of ether oxygens (including phenoxy) is 2. The molecule has 0 unspecified atom stereocenters. The van der Waals surface area contributed by atoms with E-state index in [1.54, 1.807) is 36.4 Å². The predicted molar refractivity (Wildman–Crippen MR) is 224 cm³/mol. The molecule has 0 aliphatic heterocycles. The normalized spacial score (nSPS) is 14.5. The van der Waals surface area contributed by atoms with Gasteiger partial charge in [-0.2, -0.15) is 68.4 Å². The van der Waals surface area contributed by atoms with E-state index < -0.39 is 159 Å². The van der Waals surface area contributed by atoms with Gasteiger partial charge in [0, 0.05) is 44.5 Å². The maximum atomic E-state index is 16.6. The molecule has 72 heavy (non-hydrogen) atoms. The fraction of sp³-hybridized carbons (Fsp3) is 0.0800. The van der Waals surface area contributed by atoms with Crippen molar-refractivity contribution in [1.82, 2.24) is 0 Å². The van der Waals surface area contributed by atoms with Gasteiger partial charge in [0.25, 0.3) is 0 Å². The van der Waals surface area contributed by atoms with Crippen molar-refractivity contribution in [2.75, 3.05) is 0 Å². The second kappa shape index (κ2) is 18.0. The Kier molecular flexibility index (Phi) is 12.4. The van der Waals surface area contributed by atoms with Crippen LogP contribution in [0.5, 0.6) is 11.5 Å². The number of nitrogens with zero attached hydrogens (tertiary/aromatic N) is 8. The molecule has 0 amide bonds. The molecule has 0 bridgehead atoms. The highest BCUT2D eigenvalue weighted by Gasteiger charge is 2.54. The van der Waals surface area contributed by atoms with Crippen LogP contribution in [0.2, 0.25) is 0 Å². The Bertz CT molecular complexity index is 3400. The molecule has 22 heteroatoms. The average Bonchev–Trinajstić information content (AvgIpc) is 3.82. The van der Waals surface area contributed by atoms with Crippen LogP contribution in [-0.2, 0) is 12.4 Å². The van der Waals surface area contributed by atoms with Gasteiger partial charge in [0.15, 0.2) is 0 Å². The summed E-state index contributed by atoms with van der Waals surface area (Å²) in [5.41, 5.74) is -24.1. The number of nitriles is 8. The molecule has 0 fully saturated rings. The third kappa shape index (κ3) is 8.95. The molecular weight excluding hydrogens is 973 g/mol. The van der Waals surface area contributed by atoms with E-state index in [4.69, 9.17) is 0 Å². The summed E-state index contributed by atoms with van der Waals surface area (Å²) in [7, 11) is 0. The Morgan fingerprint density at radius 2 is 0.667 bits per heavy atom. The Labute approximate surface area is 396 Å². The van der Waals surface area contributed by atoms with E-state index in [0.29, 0.717) is 48.5 Å². The summed E-state index contributed by atoms with van der Waals surface area (Å²) in [6.07, 6.45) is -22.6. The van der Waals surface area contributed by atoms with E-state index in [-0.39, 0.29) is 0 Å². The first kappa shape index (κ1) is 49.6. The van der Waals surface area contributed by atoms with Crippen LogP contribution in [0.4, 0.5) is 52.7 Å². The van der Waals surface area contributed by atoms with Crippen LogP contribution in [0.1, 0.15) is 77.9 Å². The lowest BCUT2D eigenvalue weighted by molar-refractivity contribution is -0.275. The smallest absolute Gasteiger partial charge is 0.406 e. The monoisotopic (exact) mass is 986 g/mol. The molecule has 2 aliphatic carbocycles. The van der Waals surface area contributed by atoms with Crippen molar-refractivity contribution in [3.63, 3.8) is 0 Å². The van der Waals surface area contributed by atoms with Gasteiger partial charge in [-0.3, -0.25) is 0 Å². The third-order valence-electron chi connectivity index (χ3n) is 10.7. The lowest BCUT2D eigenvalue weighted by Gasteiger charge is -2.25. The fourth-order valence-electron chi connectivity index (χ4n) is 8.35. The summed E-state index contributed by atoms with van der Waals surface area (Å²) in [6, 6.07) is 23.2.